The molecule has 0 spiro atoms. The first-order valence-corrected chi connectivity index (χ1v) is 5.93. The molecule has 1 N–H and O–H groups in total. The molecule has 4 heteroatoms. The monoisotopic (exact) mass is 229 g/mol. The lowest BCUT2D eigenvalue weighted by Crippen LogP contribution is -2.52. The highest BCUT2D eigenvalue weighted by molar-refractivity contribution is 5.79. The molecule has 2 aromatic rings. The molecule has 0 radical (unpaired) electrons. The van der Waals surface area contributed by atoms with Gasteiger partial charge in [0.05, 0.1) is 5.52 Å². The van der Waals surface area contributed by atoms with Crippen LogP contribution < -0.4 is 15.9 Å². The Kier molecular flexibility index (Phi) is 2.57. The SMILES string of the molecule is O=c1ccc2ccccc2n1N1CCNCC1. The molecule has 17 heavy (non-hydrogen) atoms. The van der Waals surface area contributed by atoms with Crippen molar-refractivity contribution in [2.24, 2.45) is 0 Å². The Morgan fingerprint density at radius 2 is 1.76 bits per heavy atom. The molecule has 0 unspecified atom stereocenters. The van der Waals surface area contributed by atoms with Crippen LogP contribution in [0.25, 0.3) is 10.9 Å². The van der Waals surface area contributed by atoms with Crippen LogP contribution in [0.3, 0.4) is 0 Å². The van der Waals surface area contributed by atoms with Gasteiger partial charge in [-0.25, -0.2) is 4.68 Å². The highest BCUT2D eigenvalue weighted by atomic mass is 16.1. The minimum Gasteiger partial charge on any atom is -0.313 e. The van der Waals surface area contributed by atoms with E-state index in [-0.39, 0.29) is 5.56 Å². The van der Waals surface area contributed by atoms with Gasteiger partial charge in [-0.1, -0.05) is 18.2 Å². The lowest BCUT2D eigenvalue weighted by Gasteiger charge is -2.31. The van der Waals surface area contributed by atoms with Crippen molar-refractivity contribution in [1.82, 2.24) is 9.99 Å². The number of rotatable bonds is 1. The van der Waals surface area contributed by atoms with E-state index in [1.807, 2.05) is 30.3 Å². The van der Waals surface area contributed by atoms with Crippen LogP contribution in [0.4, 0.5) is 0 Å². The Labute approximate surface area is 99.4 Å². The first-order valence-electron chi connectivity index (χ1n) is 5.93. The molecule has 4 nitrogen and oxygen atoms in total. The summed E-state index contributed by atoms with van der Waals surface area (Å²) in [6.45, 7) is 3.59. The molecular formula is C13H15N3O. The second-order valence-corrected chi connectivity index (χ2v) is 4.25. The Hall–Kier alpha value is -1.81. The van der Waals surface area contributed by atoms with Crippen LogP contribution in [-0.4, -0.2) is 30.9 Å². The highest BCUT2D eigenvalue weighted by Gasteiger charge is 2.13. The van der Waals surface area contributed by atoms with Gasteiger partial charge in [0.1, 0.15) is 0 Å². The lowest BCUT2D eigenvalue weighted by atomic mass is 10.2. The number of pyridine rings is 1. The summed E-state index contributed by atoms with van der Waals surface area (Å²) in [6, 6.07) is 11.5. The summed E-state index contributed by atoms with van der Waals surface area (Å²) in [5, 5.41) is 6.51. The smallest absolute Gasteiger partial charge is 0.269 e. The predicted octanol–water partition coefficient (Wildman–Crippen LogP) is 0.543. The molecule has 0 atom stereocenters. The van der Waals surface area contributed by atoms with Crippen molar-refractivity contribution < 1.29 is 0 Å². The predicted molar refractivity (Wildman–Crippen MR) is 69.0 cm³/mol. The number of para-hydroxylation sites is 1. The van der Waals surface area contributed by atoms with E-state index in [1.54, 1.807) is 10.7 Å². The molecule has 1 fully saturated rings. The average Bonchev–Trinajstić information content (AvgIpc) is 2.39. The molecule has 1 saturated heterocycles. The third-order valence-corrected chi connectivity index (χ3v) is 3.16. The number of benzene rings is 1. The molecule has 1 aromatic heterocycles. The zero-order valence-electron chi connectivity index (χ0n) is 9.60. The van der Waals surface area contributed by atoms with E-state index in [1.165, 1.54) is 0 Å². The van der Waals surface area contributed by atoms with Gasteiger partial charge >= 0.3 is 0 Å². The topological polar surface area (TPSA) is 37.3 Å². The summed E-state index contributed by atoms with van der Waals surface area (Å²) >= 11 is 0. The lowest BCUT2D eigenvalue weighted by molar-refractivity contribution is 0.492. The fraction of sp³-hybridized carbons (Fsp3) is 0.308. The Morgan fingerprint density at radius 1 is 1.00 bits per heavy atom. The van der Waals surface area contributed by atoms with Crippen molar-refractivity contribution in [2.45, 2.75) is 0 Å². The first kappa shape index (κ1) is 10.4. The molecule has 1 aliphatic rings. The number of aromatic nitrogens is 1. The maximum Gasteiger partial charge on any atom is 0.269 e. The van der Waals surface area contributed by atoms with E-state index in [0.29, 0.717) is 0 Å². The van der Waals surface area contributed by atoms with Gasteiger partial charge in [0.15, 0.2) is 0 Å². The van der Waals surface area contributed by atoms with Crippen LogP contribution in [0.5, 0.6) is 0 Å². The highest BCUT2D eigenvalue weighted by Crippen LogP contribution is 2.11. The summed E-state index contributed by atoms with van der Waals surface area (Å²) in [5.41, 5.74) is 1.03. The van der Waals surface area contributed by atoms with Gasteiger partial charge in [0.25, 0.3) is 5.56 Å². The van der Waals surface area contributed by atoms with Gasteiger partial charge in [-0.2, -0.15) is 0 Å². The fourth-order valence-corrected chi connectivity index (χ4v) is 2.32. The molecule has 0 aliphatic carbocycles. The number of fused-ring (bicyclic) bond motifs is 1. The third kappa shape index (κ3) is 1.80. The van der Waals surface area contributed by atoms with E-state index in [2.05, 4.69) is 10.3 Å². The molecule has 0 amide bonds. The van der Waals surface area contributed by atoms with E-state index in [4.69, 9.17) is 0 Å². The molecular weight excluding hydrogens is 214 g/mol. The Bertz CT molecular complexity index is 584. The maximum absolute atomic E-state index is 12.0. The summed E-state index contributed by atoms with van der Waals surface area (Å²) < 4.78 is 1.80. The first-order chi connectivity index (χ1) is 8.36. The van der Waals surface area contributed by atoms with Crippen LogP contribution in [0.15, 0.2) is 41.2 Å². The molecule has 1 aliphatic heterocycles. The summed E-state index contributed by atoms with van der Waals surface area (Å²) in [5.74, 6) is 0. The van der Waals surface area contributed by atoms with Crippen molar-refractivity contribution >= 4 is 10.9 Å². The van der Waals surface area contributed by atoms with Crippen molar-refractivity contribution in [2.75, 3.05) is 31.2 Å². The number of hydrogen-bond donors (Lipinski definition) is 1. The fourth-order valence-electron chi connectivity index (χ4n) is 2.32. The number of nitrogens with zero attached hydrogens (tertiary/aromatic N) is 2. The quantitative estimate of drug-likeness (QED) is 0.775. The van der Waals surface area contributed by atoms with Gasteiger partial charge in [-0.15, -0.1) is 0 Å². The largest absolute Gasteiger partial charge is 0.313 e. The molecule has 3 rings (SSSR count). The Balaban J connectivity index is 2.19. The summed E-state index contributed by atoms with van der Waals surface area (Å²) in [4.78, 5) is 12.0. The number of piperazine rings is 1. The van der Waals surface area contributed by atoms with Crippen molar-refractivity contribution in [1.29, 1.82) is 0 Å². The van der Waals surface area contributed by atoms with Crippen molar-refractivity contribution in [3.63, 3.8) is 0 Å². The number of nitrogens with one attached hydrogen (secondary N) is 1. The molecule has 0 saturated carbocycles. The van der Waals surface area contributed by atoms with E-state index >= 15 is 0 Å². The molecule has 2 heterocycles. The van der Waals surface area contributed by atoms with Crippen LogP contribution >= 0.6 is 0 Å². The van der Waals surface area contributed by atoms with Crippen LogP contribution in [0.1, 0.15) is 0 Å². The van der Waals surface area contributed by atoms with E-state index in [9.17, 15) is 4.79 Å². The van der Waals surface area contributed by atoms with Crippen LogP contribution in [0.2, 0.25) is 0 Å². The minimum absolute atomic E-state index is 0.0469. The second-order valence-electron chi connectivity index (χ2n) is 4.25. The van der Waals surface area contributed by atoms with Gasteiger partial charge in [0.2, 0.25) is 0 Å². The van der Waals surface area contributed by atoms with Crippen molar-refractivity contribution in [3.05, 3.63) is 46.8 Å². The molecule has 1 aromatic carbocycles. The van der Waals surface area contributed by atoms with Gasteiger partial charge in [0, 0.05) is 37.6 Å². The summed E-state index contributed by atoms with van der Waals surface area (Å²) in [6.07, 6.45) is 0. The van der Waals surface area contributed by atoms with Gasteiger partial charge in [-0.3, -0.25) is 4.79 Å². The zero-order chi connectivity index (χ0) is 11.7. The van der Waals surface area contributed by atoms with E-state index in [0.717, 1.165) is 37.1 Å². The normalized spacial score (nSPS) is 16.4. The maximum atomic E-state index is 12.0. The second kappa shape index (κ2) is 4.22. The third-order valence-electron chi connectivity index (χ3n) is 3.16. The van der Waals surface area contributed by atoms with Crippen molar-refractivity contribution in [3.8, 4) is 0 Å². The summed E-state index contributed by atoms with van der Waals surface area (Å²) in [7, 11) is 0. The standard InChI is InChI=1S/C13H15N3O/c17-13-6-5-11-3-1-2-4-12(11)16(13)15-9-7-14-8-10-15/h1-6,14H,7-10H2. The van der Waals surface area contributed by atoms with Crippen LogP contribution in [-0.2, 0) is 0 Å². The van der Waals surface area contributed by atoms with E-state index < -0.39 is 0 Å². The minimum atomic E-state index is 0.0469. The zero-order valence-corrected chi connectivity index (χ0v) is 9.60. The van der Waals surface area contributed by atoms with Gasteiger partial charge < -0.3 is 10.3 Å². The number of hydrogen-bond acceptors (Lipinski definition) is 3. The van der Waals surface area contributed by atoms with Gasteiger partial charge in [-0.05, 0) is 12.1 Å². The molecule has 0 bridgehead atoms. The van der Waals surface area contributed by atoms with Crippen LogP contribution in [0, 0.1) is 0 Å². The molecule has 88 valence electrons. The Morgan fingerprint density at radius 3 is 2.59 bits per heavy atom. The average molecular weight is 229 g/mol.